The van der Waals surface area contributed by atoms with Crippen molar-refractivity contribution < 1.29 is 23.9 Å². The molecule has 1 saturated heterocycles. The number of anilines is 2. The molecule has 3 amide bonds. The van der Waals surface area contributed by atoms with Crippen LogP contribution in [-0.2, 0) is 19.1 Å². The van der Waals surface area contributed by atoms with E-state index in [0.717, 1.165) is 4.90 Å². The van der Waals surface area contributed by atoms with Crippen molar-refractivity contribution in [1.29, 1.82) is 0 Å². The number of hydrogen-bond acceptors (Lipinski definition) is 5. The molecule has 29 heavy (non-hydrogen) atoms. The van der Waals surface area contributed by atoms with Gasteiger partial charge < -0.3 is 10.1 Å². The zero-order chi connectivity index (χ0) is 21.1. The van der Waals surface area contributed by atoms with Gasteiger partial charge in [0.25, 0.3) is 5.91 Å². The minimum Gasteiger partial charge on any atom is -0.452 e. The molecule has 1 aliphatic heterocycles. The van der Waals surface area contributed by atoms with Crippen molar-refractivity contribution in [2.75, 3.05) is 16.8 Å². The number of nitrogens with one attached hydrogen (secondary N) is 1. The average Bonchev–Trinajstić information content (AvgIpc) is 3.02. The number of ether oxygens (including phenoxy) is 1. The third kappa shape index (κ3) is 4.87. The summed E-state index contributed by atoms with van der Waals surface area (Å²) in [6.45, 7) is -0.555. The molecule has 10 heteroatoms. The fraction of sp³-hybridized carbons (Fsp3) is 0.158. The zero-order valence-corrected chi connectivity index (χ0v) is 17.0. The summed E-state index contributed by atoms with van der Waals surface area (Å²) in [6, 6.07) is 8.51. The summed E-state index contributed by atoms with van der Waals surface area (Å²) in [6.07, 6.45) is 0.334. The highest BCUT2D eigenvalue weighted by Gasteiger charge is 2.30. The molecule has 0 unspecified atom stereocenters. The molecule has 2 aromatic rings. The lowest BCUT2D eigenvalue weighted by Gasteiger charge is -2.14. The number of amides is 3. The number of halogens is 3. The second-order valence-corrected chi connectivity index (χ2v) is 7.26. The van der Waals surface area contributed by atoms with E-state index in [1.807, 2.05) is 0 Å². The number of hydrogen-bond donors (Lipinski definition) is 1. The van der Waals surface area contributed by atoms with Crippen LogP contribution in [0.5, 0.6) is 0 Å². The fourth-order valence-electron chi connectivity index (χ4n) is 2.63. The summed E-state index contributed by atoms with van der Waals surface area (Å²) in [5.41, 5.74) is 0.765. The van der Waals surface area contributed by atoms with Gasteiger partial charge in [-0.1, -0.05) is 34.8 Å². The topological polar surface area (TPSA) is 92.8 Å². The molecule has 0 saturated carbocycles. The first kappa shape index (κ1) is 21.1. The summed E-state index contributed by atoms with van der Waals surface area (Å²) in [4.78, 5) is 48.7. The third-order valence-corrected chi connectivity index (χ3v) is 5.07. The predicted molar refractivity (Wildman–Crippen MR) is 109 cm³/mol. The van der Waals surface area contributed by atoms with E-state index < -0.39 is 18.5 Å². The lowest BCUT2D eigenvalue weighted by atomic mass is 10.2. The minimum atomic E-state index is -0.744. The second-order valence-electron chi connectivity index (χ2n) is 6.04. The molecule has 0 atom stereocenters. The van der Waals surface area contributed by atoms with Gasteiger partial charge in [-0.15, -0.1) is 0 Å². The zero-order valence-electron chi connectivity index (χ0n) is 14.7. The van der Waals surface area contributed by atoms with Crippen LogP contribution in [0.25, 0.3) is 0 Å². The van der Waals surface area contributed by atoms with Crippen LogP contribution in [0.3, 0.4) is 0 Å². The van der Waals surface area contributed by atoms with E-state index >= 15 is 0 Å². The smallest absolute Gasteiger partial charge is 0.338 e. The summed E-state index contributed by atoms with van der Waals surface area (Å²) < 4.78 is 4.96. The van der Waals surface area contributed by atoms with Crippen molar-refractivity contribution in [3.8, 4) is 0 Å². The van der Waals surface area contributed by atoms with Crippen molar-refractivity contribution in [1.82, 2.24) is 0 Å². The van der Waals surface area contributed by atoms with Crippen LogP contribution < -0.4 is 10.2 Å². The Bertz CT molecular complexity index is 992. The predicted octanol–water partition coefficient (Wildman–Crippen LogP) is 4.10. The van der Waals surface area contributed by atoms with Gasteiger partial charge in [-0.05, 0) is 36.4 Å². The van der Waals surface area contributed by atoms with Crippen LogP contribution in [0.4, 0.5) is 11.4 Å². The molecule has 3 rings (SSSR count). The van der Waals surface area contributed by atoms with E-state index in [4.69, 9.17) is 39.5 Å². The molecule has 150 valence electrons. The monoisotopic (exact) mass is 454 g/mol. The van der Waals surface area contributed by atoms with Gasteiger partial charge in [-0.25, -0.2) is 4.79 Å². The number of rotatable bonds is 5. The summed E-state index contributed by atoms with van der Waals surface area (Å²) in [5.74, 6) is -1.94. The quantitative estimate of drug-likeness (QED) is 0.416. The normalized spacial score (nSPS) is 13.6. The van der Waals surface area contributed by atoms with Crippen LogP contribution >= 0.6 is 34.8 Å². The van der Waals surface area contributed by atoms with E-state index in [-0.39, 0.29) is 51.0 Å². The van der Waals surface area contributed by atoms with Gasteiger partial charge in [0, 0.05) is 12.8 Å². The Labute approximate surface area is 180 Å². The highest BCUT2D eigenvalue weighted by Crippen LogP contribution is 2.32. The minimum absolute atomic E-state index is 0.160. The van der Waals surface area contributed by atoms with Crippen molar-refractivity contribution in [3.63, 3.8) is 0 Å². The van der Waals surface area contributed by atoms with Gasteiger partial charge in [0.05, 0.1) is 32.0 Å². The number of nitrogens with zero attached hydrogens (tertiary/aromatic N) is 1. The van der Waals surface area contributed by atoms with Crippen LogP contribution in [-0.4, -0.2) is 30.3 Å². The molecule has 0 radical (unpaired) electrons. The molecule has 1 N–H and O–H groups in total. The Kier molecular flexibility index (Phi) is 6.42. The maximum Gasteiger partial charge on any atom is 0.338 e. The highest BCUT2D eigenvalue weighted by atomic mass is 35.5. The van der Waals surface area contributed by atoms with Crippen LogP contribution in [0.15, 0.2) is 36.4 Å². The van der Waals surface area contributed by atoms with Gasteiger partial charge in [-0.2, -0.15) is 0 Å². The highest BCUT2D eigenvalue weighted by molar-refractivity contribution is 6.44. The summed E-state index contributed by atoms with van der Waals surface area (Å²) >= 11 is 17.7. The Hall–Kier alpha value is -2.61. The average molecular weight is 456 g/mol. The second kappa shape index (κ2) is 8.82. The van der Waals surface area contributed by atoms with E-state index in [9.17, 15) is 19.2 Å². The molecule has 1 aliphatic rings. The van der Waals surface area contributed by atoms with E-state index in [1.165, 1.54) is 36.4 Å². The first-order valence-electron chi connectivity index (χ1n) is 8.33. The molecule has 7 nitrogen and oxygen atoms in total. The van der Waals surface area contributed by atoms with Crippen LogP contribution in [0.2, 0.25) is 15.1 Å². The lowest BCUT2D eigenvalue weighted by molar-refractivity contribution is -0.121. The van der Waals surface area contributed by atoms with Crippen molar-refractivity contribution in [2.24, 2.45) is 0 Å². The molecular formula is C19H13Cl3N2O5. The molecule has 0 aliphatic carbocycles. The maximum atomic E-state index is 12.1. The molecule has 0 bridgehead atoms. The Morgan fingerprint density at radius 3 is 2.14 bits per heavy atom. The van der Waals surface area contributed by atoms with Crippen LogP contribution in [0, 0.1) is 0 Å². The Morgan fingerprint density at radius 1 is 0.931 bits per heavy atom. The van der Waals surface area contributed by atoms with E-state index in [2.05, 4.69) is 5.32 Å². The molecule has 1 fully saturated rings. The van der Waals surface area contributed by atoms with Crippen molar-refractivity contribution >= 4 is 69.9 Å². The summed E-state index contributed by atoms with van der Waals surface area (Å²) in [5, 5.41) is 3.09. The number of esters is 1. The summed E-state index contributed by atoms with van der Waals surface area (Å²) in [7, 11) is 0. The molecule has 0 aromatic heterocycles. The lowest BCUT2D eigenvalue weighted by Crippen LogP contribution is -2.28. The molecule has 2 aromatic carbocycles. The van der Waals surface area contributed by atoms with Crippen LogP contribution in [0.1, 0.15) is 23.2 Å². The first-order valence-corrected chi connectivity index (χ1v) is 9.47. The van der Waals surface area contributed by atoms with Gasteiger partial charge in [-0.3, -0.25) is 19.3 Å². The number of benzene rings is 2. The Morgan fingerprint density at radius 2 is 1.52 bits per heavy atom. The largest absolute Gasteiger partial charge is 0.452 e. The van der Waals surface area contributed by atoms with E-state index in [1.54, 1.807) is 0 Å². The van der Waals surface area contributed by atoms with Crippen molar-refractivity contribution in [2.45, 2.75) is 12.8 Å². The molecule has 0 spiro atoms. The Balaban J connectivity index is 1.58. The van der Waals surface area contributed by atoms with Gasteiger partial charge >= 0.3 is 5.97 Å². The van der Waals surface area contributed by atoms with Gasteiger partial charge in [0.1, 0.15) is 0 Å². The van der Waals surface area contributed by atoms with E-state index in [0.29, 0.717) is 5.69 Å². The van der Waals surface area contributed by atoms with Crippen molar-refractivity contribution in [3.05, 3.63) is 57.0 Å². The maximum absolute atomic E-state index is 12.1. The number of imide groups is 1. The standard InChI is InChI=1S/C19H13Cl3N2O5/c20-12-7-14(22)15(8-13(12)21)23-16(25)9-29-19(28)10-1-3-11(4-2-10)24-17(26)5-6-18(24)27/h1-4,7-8H,5-6,9H2,(H,23,25). The fourth-order valence-corrected chi connectivity index (χ4v) is 3.22. The van der Waals surface area contributed by atoms with Gasteiger partial charge in [0.2, 0.25) is 11.8 Å². The molecule has 1 heterocycles. The first-order chi connectivity index (χ1) is 13.8. The SMILES string of the molecule is O=C(COC(=O)c1ccc(N2C(=O)CCC2=O)cc1)Nc1cc(Cl)c(Cl)cc1Cl. The van der Waals surface area contributed by atoms with Gasteiger partial charge in [0.15, 0.2) is 6.61 Å². The number of carbonyl (C=O) groups is 4. The third-order valence-electron chi connectivity index (χ3n) is 4.03. The number of carbonyl (C=O) groups excluding carboxylic acids is 4. The molecular weight excluding hydrogens is 443 g/mol.